The summed E-state index contributed by atoms with van der Waals surface area (Å²) in [6, 6.07) is 12.0. The number of nitrogens with zero attached hydrogens (tertiary/aromatic N) is 1. The molecule has 22 heavy (non-hydrogen) atoms. The average Bonchev–Trinajstić information content (AvgIpc) is 3.06. The van der Waals surface area contributed by atoms with Gasteiger partial charge < -0.3 is 9.15 Å². The lowest BCUT2D eigenvalue weighted by Gasteiger charge is -2.09. The molecule has 1 aliphatic heterocycles. The summed E-state index contributed by atoms with van der Waals surface area (Å²) in [5, 5.41) is 0.393. The van der Waals surface area contributed by atoms with Gasteiger partial charge in [-0.1, -0.05) is 42.0 Å². The lowest BCUT2D eigenvalue weighted by Crippen LogP contribution is -2.26. The highest BCUT2D eigenvalue weighted by Gasteiger charge is 2.28. The van der Waals surface area contributed by atoms with Crippen molar-refractivity contribution in [2.75, 3.05) is 6.54 Å². The highest BCUT2D eigenvalue weighted by molar-refractivity contribution is 7.82. The van der Waals surface area contributed by atoms with Crippen LogP contribution in [0.2, 0.25) is 0 Å². The summed E-state index contributed by atoms with van der Waals surface area (Å²) in [5.74, 6) is 2.06. The molecule has 1 aromatic heterocycles. The van der Waals surface area contributed by atoms with Crippen molar-refractivity contribution in [3.8, 4) is 11.3 Å². The van der Waals surface area contributed by atoms with Crippen molar-refractivity contribution in [1.82, 2.24) is 4.90 Å². The minimum absolute atomic E-state index is 0.393. The van der Waals surface area contributed by atoms with Gasteiger partial charge in [-0.25, -0.2) is 0 Å². The van der Waals surface area contributed by atoms with Crippen LogP contribution in [0.1, 0.15) is 18.2 Å². The van der Waals surface area contributed by atoms with E-state index >= 15 is 0 Å². The van der Waals surface area contributed by atoms with Gasteiger partial charge in [-0.2, -0.15) is 0 Å². The fourth-order valence-electron chi connectivity index (χ4n) is 2.21. The van der Waals surface area contributed by atoms with E-state index < -0.39 is 0 Å². The summed E-state index contributed by atoms with van der Waals surface area (Å²) in [6.07, 6.45) is 1.78. The number of hydrogen-bond acceptors (Lipinski definition) is 4. The van der Waals surface area contributed by atoms with Crippen LogP contribution in [0, 0.1) is 6.92 Å². The highest BCUT2D eigenvalue weighted by atomic mass is 32.1. The monoisotopic (exact) mass is 329 g/mol. The average molecular weight is 329 g/mol. The van der Waals surface area contributed by atoms with E-state index in [0.29, 0.717) is 28.2 Å². The molecule has 1 fully saturated rings. The molecule has 0 aliphatic carbocycles. The van der Waals surface area contributed by atoms with Gasteiger partial charge in [0.15, 0.2) is 10.7 Å². The lowest BCUT2D eigenvalue weighted by atomic mass is 10.1. The number of aryl methyl sites for hydroxylation is 1. The van der Waals surface area contributed by atoms with Gasteiger partial charge >= 0.3 is 0 Å². The van der Waals surface area contributed by atoms with Gasteiger partial charge in [-0.15, -0.1) is 0 Å². The molecule has 1 saturated heterocycles. The fourth-order valence-corrected chi connectivity index (χ4v) is 2.89. The van der Waals surface area contributed by atoms with Crippen LogP contribution >= 0.6 is 24.4 Å². The zero-order chi connectivity index (χ0) is 15.7. The van der Waals surface area contributed by atoms with Gasteiger partial charge in [0.05, 0.1) is 0 Å². The molecule has 2 aromatic rings. The number of benzene rings is 1. The zero-order valence-corrected chi connectivity index (χ0v) is 14.0. The van der Waals surface area contributed by atoms with E-state index in [1.807, 2.05) is 31.2 Å². The molecular formula is C17H15NO2S2. The molecule has 3 nitrogen and oxygen atoms in total. The normalized spacial score (nSPS) is 16.5. The molecule has 0 spiro atoms. The van der Waals surface area contributed by atoms with E-state index in [4.69, 9.17) is 33.6 Å². The first-order valence-electron chi connectivity index (χ1n) is 7.00. The topological polar surface area (TPSA) is 25.6 Å². The van der Waals surface area contributed by atoms with Crippen LogP contribution in [0.25, 0.3) is 17.4 Å². The van der Waals surface area contributed by atoms with Gasteiger partial charge in [0.1, 0.15) is 11.5 Å². The molecule has 0 saturated carbocycles. The fraction of sp³-hybridized carbons (Fsp3) is 0.176. The van der Waals surface area contributed by atoms with Crippen LogP contribution in [-0.2, 0) is 4.74 Å². The Kier molecular flexibility index (Phi) is 4.09. The predicted molar refractivity (Wildman–Crippen MR) is 95.5 cm³/mol. The summed E-state index contributed by atoms with van der Waals surface area (Å²) in [6.45, 7) is 4.73. The van der Waals surface area contributed by atoms with E-state index in [9.17, 15) is 0 Å². The second-order valence-corrected chi connectivity index (χ2v) is 5.73. The summed E-state index contributed by atoms with van der Waals surface area (Å²) < 4.78 is 11.4. The maximum Gasteiger partial charge on any atom is 0.270 e. The largest absolute Gasteiger partial charge is 0.457 e. The van der Waals surface area contributed by atoms with E-state index in [1.165, 1.54) is 5.56 Å². The Morgan fingerprint density at radius 1 is 1.09 bits per heavy atom. The van der Waals surface area contributed by atoms with Crippen molar-refractivity contribution in [3.05, 3.63) is 53.5 Å². The summed E-state index contributed by atoms with van der Waals surface area (Å²) in [7, 11) is 0. The van der Waals surface area contributed by atoms with Gasteiger partial charge in [0, 0.05) is 18.2 Å². The van der Waals surface area contributed by atoms with Gasteiger partial charge in [0.2, 0.25) is 0 Å². The first-order valence-corrected chi connectivity index (χ1v) is 7.82. The molecule has 3 rings (SSSR count). The number of likely N-dealkylation sites (N-methyl/N-ethyl adjacent to an activating group) is 1. The predicted octanol–water partition coefficient (Wildman–Crippen LogP) is 4.56. The molecule has 112 valence electrons. The first kappa shape index (κ1) is 14.9. The number of ether oxygens (including phenoxy) is 1. The quantitative estimate of drug-likeness (QED) is 0.607. The van der Waals surface area contributed by atoms with E-state index in [-0.39, 0.29) is 0 Å². The minimum atomic E-state index is 0.393. The highest BCUT2D eigenvalue weighted by Crippen LogP contribution is 2.26. The van der Waals surface area contributed by atoms with Crippen molar-refractivity contribution in [1.29, 1.82) is 0 Å². The number of thiocarbonyl (C=S) groups is 2. The Labute approximate surface area is 140 Å². The molecule has 0 amide bonds. The van der Waals surface area contributed by atoms with Crippen LogP contribution < -0.4 is 0 Å². The van der Waals surface area contributed by atoms with Crippen molar-refractivity contribution in [3.63, 3.8) is 0 Å². The Morgan fingerprint density at radius 2 is 1.82 bits per heavy atom. The molecule has 1 aliphatic rings. The Bertz CT molecular complexity index is 759. The van der Waals surface area contributed by atoms with Crippen LogP contribution in [0.4, 0.5) is 0 Å². The maximum atomic E-state index is 5.85. The summed E-state index contributed by atoms with van der Waals surface area (Å²) in [4.78, 5) is 2.38. The van der Waals surface area contributed by atoms with Crippen LogP contribution in [0.5, 0.6) is 0 Å². The molecule has 0 N–H and O–H groups in total. The number of furan rings is 1. The van der Waals surface area contributed by atoms with E-state index in [1.54, 1.807) is 11.0 Å². The third-order valence-corrected chi connectivity index (χ3v) is 4.15. The second-order valence-electron chi connectivity index (χ2n) is 4.99. The van der Waals surface area contributed by atoms with Crippen molar-refractivity contribution >= 4 is 40.7 Å². The molecule has 1 aromatic carbocycles. The molecule has 5 heteroatoms. The minimum Gasteiger partial charge on any atom is -0.457 e. The van der Waals surface area contributed by atoms with Crippen LogP contribution in [-0.4, -0.2) is 21.6 Å². The third-order valence-electron chi connectivity index (χ3n) is 3.43. The number of rotatable bonds is 3. The van der Waals surface area contributed by atoms with Gasteiger partial charge in [0.25, 0.3) is 5.17 Å². The molecule has 0 radical (unpaired) electrons. The van der Waals surface area contributed by atoms with E-state index in [0.717, 1.165) is 11.3 Å². The Morgan fingerprint density at radius 3 is 2.45 bits per heavy atom. The lowest BCUT2D eigenvalue weighted by molar-refractivity contribution is 0.441. The molecule has 0 bridgehead atoms. The number of hydrogen-bond donors (Lipinski definition) is 0. The van der Waals surface area contributed by atoms with Crippen LogP contribution in [0.15, 0.2) is 46.6 Å². The summed E-state index contributed by atoms with van der Waals surface area (Å²) in [5.41, 5.74) is 2.26. The third kappa shape index (κ3) is 2.82. The van der Waals surface area contributed by atoms with Crippen molar-refractivity contribution in [2.24, 2.45) is 0 Å². The first-order chi connectivity index (χ1) is 10.6. The molecular weight excluding hydrogens is 314 g/mol. The Hall–Kier alpha value is -1.98. The molecule has 0 atom stereocenters. The van der Waals surface area contributed by atoms with E-state index in [2.05, 4.69) is 19.1 Å². The smallest absolute Gasteiger partial charge is 0.270 e. The maximum absolute atomic E-state index is 5.85. The molecule has 0 unspecified atom stereocenters. The standard InChI is InChI=1S/C17H15NO2S2/c1-3-18-16(21)15(20-17(18)22)10-13-8-9-14(19-13)12-6-4-11(2)5-7-12/h4-10H,3H2,1-2H3/b15-10-. The second kappa shape index (κ2) is 6.02. The van der Waals surface area contributed by atoms with Crippen molar-refractivity contribution in [2.45, 2.75) is 13.8 Å². The summed E-state index contributed by atoms with van der Waals surface area (Å²) >= 11 is 10.5. The van der Waals surface area contributed by atoms with Crippen molar-refractivity contribution < 1.29 is 9.15 Å². The Balaban J connectivity index is 1.86. The molecule has 2 heterocycles. The van der Waals surface area contributed by atoms with Crippen LogP contribution in [0.3, 0.4) is 0 Å². The zero-order valence-electron chi connectivity index (χ0n) is 12.3. The van der Waals surface area contributed by atoms with Gasteiger partial charge in [-0.05, 0) is 38.2 Å². The van der Waals surface area contributed by atoms with Gasteiger partial charge in [-0.3, -0.25) is 4.90 Å². The SMILES string of the molecule is CCN1C(=S)O/C(=C\c2ccc(-c3ccc(C)cc3)o2)C1=S.